The standard InChI is InChI=1S/C17H18FN5O4/c1-20-14-13(15(25)23(17(20)26)9-12(24)27-2)22-8-7-21(16(22)19-14)11-5-3-10(18)4-6-11/h3-6,13-14H,7-9H2,1-2H3. The van der Waals surface area contributed by atoms with Crippen molar-refractivity contribution in [3.8, 4) is 0 Å². The lowest BCUT2D eigenvalue weighted by Gasteiger charge is -2.40. The number of methoxy groups -OCH3 is 1. The Morgan fingerprint density at radius 3 is 2.63 bits per heavy atom. The molecule has 0 aromatic heterocycles. The number of halogens is 1. The molecule has 27 heavy (non-hydrogen) atoms. The van der Waals surface area contributed by atoms with Gasteiger partial charge in [0.05, 0.1) is 7.11 Å². The Morgan fingerprint density at radius 1 is 1.26 bits per heavy atom. The van der Waals surface area contributed by atoms with Gasteiger partial charge in [0.15, 0.2) is 12.2 Å². The van der Waals surface area contributed by atoms with Crippen LogP contribution in [0.2, 0.25) is 0 Å². The number of amides is 3. The number of urea groups is 1. The van der Waals surface area contributed by atoms with Crippen molar-refractivity contribution >= 4 is 29.6 Å². The minimum Gasteiger partial charge on any atom is -0.468 e. The van der Waals surface area contributed by atoms with Gasteiger partial charge < -0.3 is 19.4 Å². The third kappa shape index (κ3) is 2.59. The second-order valence-corrected chi connectivity index (χ2v) is 6.50. The zero-order chi connectivity index (χ0) is 19.3. The molecule has 0 N–H and O–H groups in total. The van der Waals surface area contributed by atoms with Crippen molar-refractivity contribution in [2.45, 2.75) is 12.2 Å². The number of hydrogen-bond donors (Lipinski definition) is 0. The summed E-state index contributed by atoms with van der Waals surface area (Å²) in [4.78, 5) is 47.6. The van der Waals surface area contributed by atoms with Crippen LogP contribution in [0, 0.1) is 5.82 Å². The average Bonchev–Trinajstić information content (AvgIpc) is 3.23. The lowest BCUT2D eigenvalue weighted by atomic mass is 10.1. The first-order valence-corrected chi connectivity index (χ1v) is 8.45. The third-order valence-corrected chi connectivity index (χ3v) is 5.03. The first-order chi connectivity index (χ1) is 12.9. The number of carbonyl (C=O) groups is 3. The molecular weight excluding hydrogens is 357 g/mol. The second-order valence-electron chi connectivity index (χ2n) is 6.50. The number of ether oxygens (including phenoxy) is 1. The molecule has 2 unspecified atom stereocenters. The van der Waals surface area contributed by atoms with Crippen LogP contribution in [0.1, 0.15) is 0 Å². The van der Waals surface area contributed by atoms with Crippen LogP contribution in [0.5, 0.6) is 0 Å². The lowest BCUT2D eigenvalue weighted by molar-refractivity contribution is -0.148. The van der Waals surface area contributed by atoms with E-state index in [4.69, 9.17) is 0 Å². The van der Waals surface area contributed by atoms with E-state index in [1.54, 1.807) is 19.2 Å². The summed E-state index contributed by atoms with van der Waals surface area (Å²) in [7, 11) is 2.75. The highest BCUT2D eigenvalue weighted by Crippen LogP contribution is 2.33. The second kappa shape index (κ2) is 6.22. The van der Waals surface area contributed by atoms with Crippen molar-refractivity contribution < 1.29 is 23.5 Å². The van der Waals surface area contributed by atoms with Gasteiger partial charge in [0.25, 0.3) is 5.91 Å². The molecule has 3 aliphatic rings. The van der Waals surface area contributed by atoms with Gasteiger partial charge in [-0.05, 0) is 24.3 Å². The van der Waals surface area contributed by atoms with E-state index in [0.717, 1.165) is 10.6 Å². The van der Waals surface area contributed by atoms with Crippen molar-refractivity contribution in [2.75, 3.05) is 38.7 Å². The number of benzene rings is 1. The fourth-order valence-corrected chi connectivity index (χ4v) is 3.64. The van der Waals surface area contributed by atoms with Gasteiger partial charge in [-0.1, -0.05) is 0 Å². The maximum atomic E-state index is 13.2. The number of aliphatic imine (C=N–C) groups is 1. The number of nitrogens with zero attached hydrogens (tertiary/aromatic N) is 5. The molecule has 4 rings (SSSR count). The molecule has 1 aromatic rings. The van der Waals surface area contributed by atoms with Crippen molar-refractivity contribution in [2.24, 2.45) is 4.99 Å². The lowest BCUT2D eigenvalue weighted by Crippen LogP contribution is -2.65. The highest BCUT2D eigenvalue weighted by atomic mass is 19.1. The fraction of sp³-hybridized carbons (Fsp3) is 0.412. The quantitative estimate of drug-likeness (QED) is 0.696. The summed E-state index contributed by atoms with van der Waals surface area (Å²) in [5.41, 5.74) is 0.754. The molecule has 3 amide bonds. The van der Waals surface area contributed by atoms with E-state index in [0.29, 0.717) is 19.0 Å². The topological polar surface area (TPSA) is 85.8 Å². The smallest absolute Gasteiger partial charge is 0.328 e. The molecule has 0 aliphatic carbocycles. The van der Waals surface area contributed by atoms with Crippen LogP contribution in [0.4, 0.5) is 14.9 Å². The Kier molecular flexibility index (Phi) is 3.97. The normalized spacial score (nSPS) is 24.2. The number of guanidine groups is 1. The average molecular weight is 375 g/mol. The van der Waals surface area contributed by atoms with Crippen LogP contribution in [-0.4, -0.2) is 84.6 Å². The van der Waals surface area contributed by atoms with E-state index in [-0.39, 0.29) is 5.82 Å². The van der Waals surface area contributed by atoms with E-state index >= 15 is 0 Å². The molecule has 10 heteroatoms. The summed E-state index contributed by atoms with van der Waals surface area (Å²) < 4.78 is 17.8. The van der Waals surface area contributed by atoms with E-state index < -0.39 is 36.7 Å². The van der Waals surface area contributed by atoms with Gasteiger partial charge in [0.2, 0.25) is 5.96 Å². The summed E-state index contributed by atoms with van der Waals surface area (Å²) >= 11 is 0. The molecule has 1 aromatic carbocycles. The zero-order valence-electron chi connectivity index (χ0n) is 14.8. The van der Waals surface area contributed by atoms with Crippen LogP contribution in [0.15, 0.2) is 29.3 Å². The number of likely N-dealkylation sites (N-methyl/N-ethyl adjacent to an activating group) is 1. The number of hydrogen-bond acceptors (Lipinski definition) is 7. The van der Waals surface area contributed by atoms with Crippen molar-refractivity contribution in [3.63, 3.8) is 0 Å². The van der Waals surface area contributed by atoms with Crippen LogP contribution >= 0.6 is 0 Å². The van der Waals surface area contributed by atoms with Gasteiger partial charge in [-0.25, -0.2) is 14.2 Å². The Bertz CT molecular complexity index is 842. The van der Waals surface area contributed by atoms with Gasteiger partial charge in [-0.3, -0.25) is 14.5 Å². The maximum absolute atomic E-state index is 13.2. The van der Waals surface area contributed by atoms with E-state index in [2.05, 4.69) is 9.73 Å². The van der Waals surface area contributed by atoms with E-state index in [1.165, 1.54) is 24.1 Å². The van der Waals surface area contributed by atoms with Crippen molar-refractivity contribution in [1.82, 2.24) is 14.7 Å². The zero-order valence-corrected chi connectivity index (χ0v) is 14.8. The van der Waals surface area contributed by atoms with Gasteiger partial charge in [0, 0.05) is 25.8 Å². The fourth-order valence-electron chi connectivity index (χ4n) is 3.64. The Hall–Kier alpha value is -3.17. The van der Waals surface area contributed by atoms with Gasteiger partial charge in [-0.2, -0.15) is 0 Å². The summed E-state index contributed by atoms with van der Waals surface area (Å²) in [6, 6.07) is 4.72. The Morgan fingerprint density at radius 2 is 1.96 bits per heavy atom. The maximum Gasteiger partial charge on any atom is 0.328 e. The molecule has 3 aliphatic heterocycles. The van der Waals surface area contributed by atoms with Gasteiger partial charge >= 0.3 is 12.0 Å². The number of anilines is 1. The number of fused-ring (bicyclic) bond motifs is 3. The first kappa shape index (κ1) is 17.3. The van der Waals surface area contributed by atoms with Crippen molar-refractivity contribution in [1.29, 1.82) is 0 Å². The molecule has 2 saturated heterocycles. The molecule has 3 heterocycles. The minimum absolute atomic E-state index is 0.337. The summed E-state index contributed by atoms with van der Waals surface area (Å²) in [5, 5.41) is 0. The number of imide groups is 1. The van der Waals surface area contributed by atoms with Crippen LogP contribution in [-0.2, 0) is 14.3 Å². The molecular formula is C17H18FN5O4. The molecule has 0 spiro atoms. The predicted octanol–water partition coefficient (Wildman–Crippen LogP) is 0.0790. The molecule has 0 radical (unpaired) electrons. The molecule has 2 atom stereocenters. The van der Waals surface area contributed by atoms with Crippen molar-refractivity contribution in [3.05, 3.63) is 30.1 Å². The van der Waals surface area contributed by atoms with Crippen LogP contribution < -0.4 is 4.90 Å². The summed E-state index contributed by atoms with van der Waals surface area (Å²) in [6.45, 7) is 0.666. The molecule has 0 bridgehead atoms. The molecule has 9 nitrogen and oxygen atoms in total. The van der Waals surface area contributed by atoms with Crippen LogP contribution in [0.25, 0.3) is 0 Å². The monoisotopic (exact) mass is 375 g/mol. The molecule has 2 fully saturated rings. The van der Waals surface area contributed by atoms with E-state index in [1.807, 2.05) is 9.80 Å². The third-order valence-electron chi connectivity index (χ3n) is 5.03. The Balaban J connectivity index is 1.63. The minimum atomic E-state index is -0.696. The number of esters is 1. The molecule has 0 saturated carbocycles. The number of rotatable bonds is 3. The SMILES string of the molecule is COC(=O)CN1C(=O)C2C(N=C3N(c4ccc(F)cc4)CCN32)N(C)C1=O. The Labute approximate surface area is 154 Å². The van der Waals surface area contributed by atoms with Gasteiger partial charge in [-0.15, -0.1) is 0 Å². The summed E-state index contributed by atoms with van der Waals surface area (Å²) in [5.74, 6) is -0.925. The molecule has 142 valence electrons. The largest absolute Gasteiger partial charge is 0.468 e. The van der Waals surface area contributed by atoms with Gasteiger partial charge in [0.1, 0.15) is 12.4 Å². The predicted molar refractivity (Wildman–Crippen MR) is 92.4 cm³/mol. The first-order valence-electron chi connectivity index (χ1n) is 8.45. The number of carbonyl (C=O) groups excluding carboxylic acids is 3. The highest BCUT2D eigenvalue weighted by molar-refractivity contribution is 6.08. The highest BCUT2D eigenvalue weighted by Gasteiger charge is 2.54. The van der Waals surface area contributed by atoms with Crippen LogP contribution in [0.3, 0.4) is 0 Å². The summed E-state index contributed by atoms with van der Waals surface area (Å²) in [6.07, 6.45) is -0.669. The van der Waals surface area contributed by atoms with E-state index in [9.17, 15) is 18.8 Å².